The molecule has 0 atom stereocenters. The number of benzene rings is 3. The van der Waals surface area contributed by atoms with Gasteiger partial charge in [-0.25, -0.2) is 4.39 Å². The van der Waals surface area contributed by atoms with Crippen molar-refractivity contribution in [2.24, 2.45) is 0 Å². The highest BCUT2D eigenvalue weighted by atomic mass is 19.1. The first-order valence-electron chi connectivity index (χ1n) is 6.85. The molecule has 0 radical (unpaired) electrons. The molecule has 0 amide bonds. The lowest BCUT2D eigenvalue weighted by Gasteiger charge is -2.07. The number of rotatable bonds is 4. The van der Waals surface area contributed by atoms with Crippen molar-refractivity contribution in [3.05, 3.63) is 60.7 Å². The van der Waals surface area contributed by atoms with Crippen LogP contribution >= 0.6 is 0 Å². The van der Waals surface area contributed by atoms with Crippen LogP contribution in [0.4, 0.5) is 10.1 Å². The molecule has 2 nitrogen and oxygen atoms in total. The first kappa shape index (κ1) is 13.4. The van der Waals surface area contributed by atoms with E-state index in [9.17, 15) is 4.39 Å². The number of fused-ring (bicyclic) bond motifs is 1. The van der Waals surface area contributed by atoms with Crippen LogP contribution in [0, 0.1) is 0 Å². The van der Waals surface area contributed by atoms with Gasteiger partial charge < -0.3 is 10.5 Å². The molecule has 0 aromatic heterocycles. The van der Waals surface area contributed by atoms with Gasteiger partial charge in [-0.2, -0.15) is 0 Å². The molecule has 0 saturated carbocycles. The van der Waals surface area contributed by atoms with E-state index in [1.165, 1.54) is 0 Å². The minimum Gasteiger partial charge on any atom is -0.491 e. The Morgan fingerprint density at radius 1 is 0.810 bits per heavy atom. The van der Waals surface area contributed by atoms with Gasteiger partial charge in [0.05, 0.1) is 0 Å². The maximum absolute atomic E-state index is 12.1. The van der Waals surface area contributed by atoms with E-state index >= 15 is 0 Å². The second-order valence-electron chi connectivity index (χ2n) is 4.88. The number of nitrogens with two attached hydrogens (primary N) is 1. The van der Waals surface area contributed by atoms with Gasteiger partial charge in [0, 0.05) is 5.69 Å². The van der Waals surface area contributed by atoms with Crippen LogP contribution in [-0.4, -0.2) is 13.3 Å². The Kier molecular flexibility index (Phi) is 3.73. The Labute approximate surface area is 123 Å². The predicted octanol–water partition coefficient (Wildman–Crippen LogP) is 4.44. The molecule has 0 saturated heterocycles. The highest BCUT2D eigenvalue weighted by molar-refractivity contribution is 5.88. The lowest BCUT2D eigenvalue weighted by atomic mass is 10.0. The molecule has 3 rings (SSSR count). The molecule has 3 heteroatoms. The van der Waals surface area contributed by atoms with E-state index in [0.717, 1.165) is 27.6 Å². The molecule has 0 aliphatic heterocycles. The van der Waals surface area contributed by atoms with Crippen LogP contribution in [0.25, 0.3) is 21.9 Å². The van der Waals surface area contributed by atoms with Crippen molar-refractivity contribution in [3.8, 4) is 16.9 Å². The summed E-state index contributed by atoms with van der Waals surface area (Å²) in [6.07, 6.45) is 0. The van der Waals surface area contributed by atoms with E-state index in [1.807, 2.05) is 48.5 Å². The fourth-order valence-corrected chi connectivity index (χ4v) is 2.33. The summed E-state index contributed by atoms with van der Waals surface area (Å²) < 4.78 is 17.4. The molecule has 0 aliphatic carbocycles. The molecule has 0 spiro atoms. The third kappa shape index (κ3) is 2.97. The van der Waals surface area contributed by atoms with Crippen molar-refractivity contribution >= 4 is 16.5 Å². The van der Waals surface area contributed by atoms with Crippen molar-refractivity contribution in [2.45, 2.75) is 0 Å². The lowest BCUT2D eigenvalue weighted by molar-refractivity contribution is 0.273. The van der Waals surface area contributed by atoms with Crippen LogP contribution in [0.15, 0.2) is 60.7 Å². The van der Waals surface area contributed by atoms with Crippen LogP contribution in [0.1, 0.15) is 0 Å². The Balaban J connectivity index is 1.95. The van der Waals surface area contributed by atoms with Gasteiger partial charge in [-0.3, -0.25) is 0 Å². The molecule has 106 valence electrons. The van der Waals surface area contributed by atoms with Crippen molar-refractivity contribution in [1.29, 1.82) is 0 Å². The maximum atomic E-state index is 12.1. The quantitative estimate of drug-likeness (QED) is 0.718. The van der Waals surface area contributed by atoms with Crippen LogP contribution in [0.2, 0.25) is 0 Å². The van der Waals surface area contributed by atoms with Gasteiger partial charge in [-0.05, 0) is 52.2 Å². The number of alkyl halides is 1. The molecule has 0 fully saturated rings. The molecule has 0 aliphatic rings. The zero-order chi connectivity index (χ0) is 14.7. The van der Waals surface area contributed by atoms with Crippen LogP contribution in [0.3, 0.4) is 0 Å². The maximum Gasteiger partial charge on any atom is 0.123 e. The lowest BCUT2D eigenvalue weighted by Crippen LogP contribution is -1.98. The number of anilines is 1. The fraction of sp³-hybridized carbons (Fsp3) is 0.111. The zero-order valence-electron chi connectivity index (χ0n) is 11.6. The van der Waals surface area contributed by atoms with E-state index in [2.05, 4.69) is 12.1 Å². The van der Waals surface area contributed by atoms with E-state index < -0.39 is 6.67 Å². The van der Waals surface area contributed by atoms with Gasteiger partial charge in [0.2, 0.25) is 0 Å². The molecule has 21 heavy (non-hydrogen) atoms. The van der Waals surface area contributed by atoms with Crippen LogP contribution < -0.4 is 10.5 Å². The highest BCUT2D eigenvalue weighted by Gasteiger charge is 2.02. The zero-order valence-corrected chi connectivity index (χ0v) is 11.6. The number of nitrogen functional groups attached to an aromatic ring is 1. The fourth-order valence-electron chi connectivity index (χ4n) is 2.33. The third-order valence-electron chi connectivity index (χ3n) is 3.40. The monoisotopic (exact) mass is 281 g/mol. The molecule has 0 bridgehead atoms. The van der Waals surface area contributed by atoms with Gasteiger partial charge in [0.25, 0.3) is 0 Å². The summed E-state index contributed by atoms with van der Waals surface area (Å²) in [6.45, 7) is -0.386. The number of hydrogen-bond acceptors (Lipinski definition) is 2. The van der Waals surface area contributed by atoms with Crippen molar-refractivity contribution in [3.63, 3.8) is 0 Å². The third-order valence-corrected chi connectivity index (χ3v) is 3.40. The van der Waals surface area contributed by atoms with Crippen LogP contribution in [0.5, 0.6) is 5.75 Å². The summed E-state index contributed by atoms with van der Waals surface area (Å²) in [5, 5.41) is 2.20. The summed E-state index contributed by atoms with van der Waals surface area (Å²) >= 11 is 0. The van der Waals surface area contributed by atoms with Gasteiger partial charge in [0.1, 0.15) is 19.0 Å². The van der Waals surface area contributed by atoms with Crippen molar-refractivity contribution in [1.82, 2.24) is 0 Å². The van der Waals surface area contributed by atoms with Gasteiger partial charge in [-0.1, -0.05) is 30.3 Å². The summed E-state index contributed by atoms with van der Waals surface area (Å²) in [5.41, 5.74) is 8.74. The van der Waals surface area contributed by atoms with Gasteiger partial charge in [0.15, 0.2) is 0 Å². The minimum atomic E-state index is -0.478. The second kappa shape index (κ2) is 5.83. The summed E-state index contributed by atoms with van der Waals surface area (Å²) in [7, 11) is 0. The average Bonchev–Trinajstić information content (AvgIpc) is 2.53. The molecule has 2 N–H and O–H groups in total. The number of ether oxygens (including phenoxy) is 1. The standard InChI is InChI=1S/C18H16FNO/c19-9-10-21-18-8-5-15-11-14(1-2-16(15)12-18)13-3-6-17(20)7-4-13/h1-8,11-12H,9-10,20H2. The smallest absolute Gasteiger partial charge is 0.123 e. The topological polar surface area (TPSA) is 35.2 Å². The first-order valence-corrected chi connectivity index (χ1v) is 6.85. The average molecular weight is 281 g/mol. The van der Waals surface area contributed by atoms with E-state index in [4.69, 9.17) is 10.5 Å². The van der Waals surface area contributed by atoms with Crippen LogP contribution in [-0.2, 0) is 0 Å². The Morgan fingerprint density at radius 2 is 1.48 bits per heavy atom. The van der Waals surface area contributed by atoms with E-state index in [0.29, 0.717) is 5.75 Å². The highest BCUT2D eigenvalue weighted by Crippen LogP contribution is 2.27. The molecule has 0 unspecified atom stereocenters. The Morgan fingerprint density at radius 3 is 2.24 bits per heavy atom. The molecule has 0 heterocycles. The van der Waals surface area contributed by atoms with Crippen molar-refractivity contribution < 1.29 is 9.13 Å². The number of hydrogen-bond donors (Lipinski definition) is 1. The Hall–Kier alpha value is -2.55. The molecule has 3 aromatic rings. The van der Waals surface area contributed by atoms with Crippen molar-refractivity contribution in [2.75, 3.05) is 19.0 Å². The SMILES string of the molecule is Nc1ccc(-c2ccc3cc(OCCF)ccc3c2)cc1. The predicted molar refractivity (Wildman–Crippen MR) is 85.3 cm³/mol. The summed E-state index contributed by atoms with van der Waals surface area (Å²) in [4.78, 5) is 0. The normalized spacial score (nSPS) is 10.7. The second-order valence-corrected chi connectivity index (χ2v) is 4.88. The summed E-state index contributed by atoms with van der Waals surface area (Å²) in [5.74, 6) is 0.695. The minimum absolute atomic E-state index is 0.0923. The summed E-state index contributed by atoms with van der Waals surface area (Å²) in [6, 6.07) is 19.8. The molecular formula is C18H16FNO. The molecular weight excluding hydrogens is 265 g/mol. The Bertz CT molecular complexity index is 753. The largest absolute Gasteiger partial charge is 0.491 e. The van der Waals surface area contributed by atoms with E-state index in [1.54, 1.807) is 0 Å². The number of halogens is 1. The van der Waals surface area contributed by atoms with Gasteiger partial charge >= 0.3 is 0 Å². The first-order chi connectivity index (χ1) is 10.3. The van der Waals surface area contributed by atoms with E-state index in [-0.39, 0.29) is 6.61 Å². The molecule has 3 aromatic carbocycles. The van der Waals surface area contributed by atoms with Gasteiger partial charge in [-0.15, -0.1) is 0 Å².